The number of carbonyl (C=O) groups is 1. The average molecular weight is 619 g/mol. The SMILES string of the molecule is COc1ccc(C2=NN(C3CCCCCC3)C(=O)C3CC=CCC23)cc1OCCCCOc1ccc(-n2ccnc2)cc1.Cl. The first kappa shape index (κ1) is 31.6. The van der Waals surface area contributed by atoms with Crippen LogP contribution in [0.25, 0.3) is 5.69 Å². The molecule has 1 fully saturated rings. The van der Waals surface area contributed by atoms with E-state index in [4.69, 9.17) is 19.3 Å². The van der Waals surface area contributed by atoms with Gasteiger partial charge in [-0.05, 0) is 81.0 Å². The second kappa shape index (κ2) is 15.3. The van der Waals surface area contributed by atoms with E-state index in [0.29, 0.717) is 24.7 Å². The first-order valence-electron chi connectivity index (χ1n) is 15.8. The van der Waals surface area contributed by atoms with Crippen molar-refractivity contribution in [1.29, 1.82) is 0 Å². The van der Waals surface area contributed by atoms with E-state index in [-0.39, 0.29) is 36.2 Å². The molecule has 1 aliphatic heterocycles. The van der Waals surface area contributed by atoms with E-state index in [0.717, 1.165) is 74.1 Å². The highest BCUT2D eigenvalue weighted by Crippen LogP contribution is 2.39. The molecule has 3 aromatic rings. The number of ether oxygens (including phenoxy) is 3. The number of aromatic nitrogens is 2. The molecule has 0 bridgehead atoms. The first-order chi connectivity index (χ1) is 21.2. The van der Waals surface area contributed by atoms with E-state index in [9.17, 15) is 4.79 Å². The van der Waals surface area contributed by atoms with Crippen LogP contribution < -0.4 is 14.2 Å². The minimum atomic E-state index is -0.0469. The van der Waals surface area contributed by atoms with Crippen LogP contribution in [0.3, 0.4) is 0 Å². The summed E-state index contributed by atoms with van der Waals surface area (Å²) in [5, 5.41) is 6.96. The topological polar surface area (TPSA) is 78.2 Å². The molecule has 2 heterocycles. The molecule has 44 heavy (non-hydrogen) atoms. The van der Waals surface area contributed by atoms with Gasteiger partial charge in [-0.25, -0.2) is 9.99 Å². The summed E-state index contributed by atoms with van der Waals surface area (Å²) in [4.78, 5) is 17.7. The molecule has 0 spiro atoms. The predicted octanol–water partition coefficient (Wildman–Crippen LogP) is 7.39. The van der Waals surface area contributed by atoms with Crippen molar-refractivity contribution in [3.05, 3.63) is 78.9 Å². The maximum atomic E-state index is 13.6. The van der Waals surface area contributed by atoms with E-state index in [1.54, 1.807) is 19.6 Å². The predicted molar refractivity (Wildman–Crippen MR) is 174 cm³/mol. The molecule has 2 aromatic carbocycles. The van der Waals surface area contributed by atoms with Crippen LogP contribution in [0.15, 0.2) is 78.4 Å². The highest BCUT2D eigenvalue weighted by molar-refractivity contribution is 6.07. The van der Waals surface area contributed by atoms with Crippen molar-refractivity contribution in [1.82, 2.24) is 14.6 Å². The summed E-state index contributed by atoms with van der Waals surface area (Å²) in [6, 6.07) is 14.3. The minimum absolute atomic E-state index is 0. The van der Waals surface area contributed by atoms with Gasteiger partial charge in [0.2, 0.25) is 5.91 Å². The number of amides is 1. The van der Waals surface area contributed by atoms with Gasteiger partial charge >= 0.3 is 0 Å². The van der Waals surface area contributed by atoms with E-state index >= 15 is 0 Å². The fourth-order valence-corrected chi connectivity index (χ4v) is 6.49. The van der Waals surface area contributed by atoms with Crippen molar-refractivity contribution < 1.29 is 19.0 Å². The van der Waals surface area contributed by atoms with Gasteiger partial charge in [-0.15, -0.1) is 12.4 Å². The third kappa shape index (κ3) is 7.29. The molecule has 8 nitrogen and oxygen atoms in total. The van der Waals surface area contributed by atoms with Gasteiger partial charge in [0.05, 0.1) is 44.3 Å². The maximum absolute atomic E-state index is 13.6. The van der Waals surface area contributed by atoms with Crippen LogP contribution in [0.5, 0.6) is 17.2 Å². The third-order valence-electron chi connectivity index (χ3n) is 8.88. The molecule has 1 amide bonds. The molecule has 3 aliphatic rings. The molecule has 0 radical (unpaired) electrons. The van der Waals surface area contributed by atoms with E-state index in [2.05, 4.69) is 23.2 Å². The molecule has 6 rings (SSSR count). The summed E-state index contributed by atoms with van der Waals surface area (Å²) in [6.07, 6.45) is 20.0. The lowest BCUT2D eigenvalue weighted by atomic mass is 9.76. The van der Waals surface area contributed by atoms with Crippen molar-refractivity contribution in [2.45, 2.75) is 70.3 Å². The zero-order chi connectivity index (χ0) is 29.4. The number of fused-ring (bicyclic) bond motifs is 1. The Balaban J connectivity index is 0.00000384. The lowest BCUT2D eigenvalue weighted by molar-refractivity contribution is -0.140. The summed E-state index contributed by atoms with van der Waals surface area (Å²) >= 11 is 0. The number of hydrazone groups is 1. The number of imidazole rings is 1. The molecular weight excluding hydrogens is 576 g/mol. The Labute approximate surface area is 266 Å². The third-order valence-corrected chi connectivity index (χ3v) is 8.88. The van der Waals surface area contributed by atoms with Gasteiger partial charge in [0.25, 0.3) is 0 Å². The molecular formula is C35H43ClN4O4. The number of methoxy groups -OCH3 is 1. The number of unbranched alkanes of at least 4 members (excludes halogenated alkanes) is 1. The molecule has 2 atom stereocenters. The van der Waals surface area contributed by atoms with E-state index < -0.39 is 0 Å². The van der Waals surface area contributed by atoms with Gasteiger partial charge in [-0.3, -0.25) is 4.79 Å². The van der Waals surface area contributed by atoms with Crippen molar-refractivity contribution in [2.75, 3.05) is 20.3 Å². The Morgan fingerprint density at radius 3 is 2.30 bits per heavy atom. The highest BCUT2D eigenvalue weighted by atomic mass is 35.5. The number of hydrogen-bond acceptors (Lipinski definition) is 6. The van der Waals surface area contributed by atoms with Crippen LogP contribution in [0.4, 0.5) is 0 Å². The average Bonchev–Trinajstić information content (AvgIpc) is 3.46. The molecule has 0 saturated heterocycles. The van der Waals surface area contributed by atoms with Crippen LogP contribution in [-0.2, 0) is 4.79 Å². The number of allylic oxidation sites excluding steroid dienone is 2. The van der Waals surface area contributed by atoms with Crippen LogP contribution in [-0.4, -0.2) is 52.5 Å². The second-order valence-corrected chi connectivity index (χ2v) is 11.7. The van der Waals surface area contributed by atoms with Crippen LogP contribution in [0.1, 0.15) is 69.8 Å². The molecule has 0 N–H and O–H groups in total. The Morgan fingerprint density at radius 2 is 1.59 bits per heavy atom. The molecule has 2 unspecified atom stereocenters. The van der Waals surface area contributed by atoms with Crippen LogP contribution in [0, 0.1) is 11.8 Å². The lowest BCUT2D eigenvalue weighted by Crippen LogP contribution is -2.49. The normalized spacial score (nSPS) is 20.2. The molecule has 1 aromatic heterocycles. The van der Waals surface area contributed by atoms with Crippen LogP contribution >= 0.6 is 12.4 Å². The highest BCUT2D eigenvalue weighted by Gasteiger charge is 2.42. The van der Waals surface area contributed by atoms with Crippen molar-refractivity contribution in [2.24, 2.45) is 16.9 Å². The van der Waals surface area contributed by atoms with Gasteiger partial charge in [-0.2, -0.15) is 5.10 Å². The largest absolute Gasteiger partial charge is 0.494 e. The first-order valence-corrected chi connectivity index (χ1v) is 15.8. The van der Waals surface area contributed by atoms with E-state index in [1.165, 1.54) is 12.8 Å². The molecule has 2 aliphatic carbocycles. The summed E-state index contributed by atoms with van der Waals surface area (Å²) in [5.41, 5.74) is 3.06. The summed E-state index contributed by atoms with van der Waals surface area (Å²) < 4.78 is 19.8. The van der Waals surface area contributed by atoms with Crippen molar-refractivity contribution in [3.8, 4) is 22.9 Å². The van der Waals surface area contributed by atoms with Gasteiger partial charge in [-0.1, -0.05) is 37.8 Å². The Morgan fingerprint density at radius 1 is 0.864 bits per heavy atom. The minimum Gasteiger partial charge on any atom is -0.494 e. The Hall–Kier alpha value is -3.78. The molecule has 9 heteroatoms. The molecule has 234 valence electrons. The maximum Gasteiger partial charge on any atom is 0.247 e. The van der Waals surface area contributed by atoms with Gasteiger partial charge < -0.3 is 18.8 Å². The number of nitrogens with zero attached hydrogens (tertiary/aromatic N) is 4. The van der Waals surface area contributed by atoms with E-state index in [1.807, 2.05) is 52.2 Å². The van der Waals surface area contributed by atoms with Gasteiger partial charge in [0, 0.05) is 29.6 Å². The quantitative estimate of drug-likeness (QED) is 0.127. The van der Waals surface area contributed by atoms with Crippen molar-refractivity contribution >= 4 is 24.0 Å². The standard InChI is InChI=1S/C35H42N4O4.ClH/c1-41-32-19-14-26(34-30-12-6-7-13-31(30)35(40)39(37-34)28-10-4-2-3-5-11-28)24-33(32)43-23-9-8-22-42-29-17-15-27(16-18-29)38-21-20-36-25-38;/h6-7,14-21,24-25,28,30-31H,2-5,8-13,22-23H2,1H3;1H. The number of rotatable bonds is 11. The Kier molecular flexibility index (Phi) is 11.0. The van der Waals surface area contributed by atoms with Gasteiger partial charge in [0.15, 0.2) is 11.5 Å². The fourth-order valence-electron chi connectivity index (χ4n) is 6.49. The van der Waals surface area contributed by atoms with Gasteiger partial charge in [0.1, 0.15) is 5.75 Å². The summed E-state index contributed by atoms with van der Waals surface area (Å²) in [5.74, 6) is 2.50. The number of benzene rings is 2. The Bertz CT molecular complexity index is 1410. The summed E-state index contributed by atoms with van der Waals surface area (Å²) in [7, 11) is 1.67. The van der Waals surface area contributed by atoms with Crippen molar-refractivity contribution in [3.63, 3.8) is 0 Å². The monoisotopic (exact) mass is 618 g/mol. The fraction of sp³-hybridized carbons (Fsp3) is 0.457. The summed E-state index contributed by atoms with van der Waals surface area (Å²) in [6.45, 7) is 1.17. The zero-order valence-corrected chi connectivity index (χ0v) is 26.3. The molecule has 1 saturated carbocycles. The number of hydrogen-bond donors (Lipinski definition) is 0. The lowest BCUT2D eigenvalue weighted by Gasteiger charge is -2.40. The number of carbonyl (C=O) groups excluding carboxylic acids is 1. The second-order valence-electron chi connectivity index (χ2n) is 11.7. The van der Waals surface area contributed by atoms with Crippen LogP contribution in [0.2, 0.25) is 0 Å². The smallest absolute Gasteiger partial charge is 0.247 e. The zero-order valence-electron chi connectivity index (χ0n) is 25.5. The number of halogens is 1.